The van der Waals surface area contributed by atoms with Crippen LogP contribution in [0.15, 0.2) is 6.07 Å². The van der Waals surface area contributed by atoms with Gasteiger partial charge in [0.1, 0.15) is 5.56 Å². The van der Waals surface area contributed by atoms with Crippen molar-refractivity contribution < 1.29 is 18.5 Å². The van der Waals surface area contributed by atoms with Crippen molar-refractivity contribution in [3.63, 3.8) is 0 Å². The van der Waals surface area contributed by atoms with Gasteiger partial charge in [0.05, 0.1) is 6.07 Å². The lowest BCUT2D eigenvalue weighted by Gasteiger charge is -2.03. The van der Waals surface area contributed by atoms with Gasteiger partial charge in [-0.2, -0.15) is 0 Å². The monoisotopic (exact) mass is 362 g/mol. The van der Waals surface area contributed by atoms with Crippen molar-refractivity contribution in [1.29, 1.82) is 0 Å². The van der Waals surface area contributed by atoms with Gasteiger partial charge >= 0.3 is 12.2 Å². The third-order valence-corrected chi connectivity index (χ3v) is 2.62. The molecule has 0 atom stereocenters. The minimum absolute atomic E-state index is 0.0328. The standard InChI is InChI=1S/C7H2ClF2IN2O3/c8-6(14)4-2(11)1-3(13(15)16)12-5(4)7(9)10/h1,7H. The molecule has 0 saturated carbocycles. The lowest BCUT2D eigenvalue weighted by atomic mass is 10.2. The number of rotatable bonds is 3. The summed E-state index contributed by atoms with van der Waals surface area (Å²) in [7, 11) is 0. The van der Waals surface area contributed by atoms with E-state index in [0.29, 0.717) is 0 Å². The Morgan fingerprint density at radius 1 is 1.62 bits per heavy atom. The van der Waals surface area contributed by atoms with Crippen molar-refractivity contribution in [3.05, 3.63) is 31.0 Å². The fourth-order valence-corrected chi connectivity index (χ4v) is 2.12. The molecule has 0 aliphatic heterocycles. The summed E-state index contributed by atoms with van der Waals surface area (Å²) in [6.45, 7) is 0. The second-order valence-electron chi connectivity index (χ2n) is 2.55. The maximum atomic E-state index is 12.5. The van der Waals surface area contributed by atoms with Crippen molar-refractivity contribution >= 4 is 45.3 Å². The van der Waals surface area contributed by atoms with Crippen molar-refractivity contribution in [2.24, 2.45) is 0 Å². The highest BCUT2D eigenvalue weighted by atomic mass is 127. The van der Waals surface area contributed by atoms with Gasteiger partial charge in [0.15, 0.2) is 0 Å². The van der Waals surface area contributed by atoms with E-state index < -0.39 is 33.7 Å². The molecule has 0 fully saturated rings. The molecule has 16 heavy (non-hydrogen) atoms. The van der Waals surface area contributed by atoms with Gasteiger partial charge in [-0.15, -0.1) is 0 Å². The molecule has 86 valence electrons. The van der Waals surface area contributed by atoms with E-state index >= 15 is 0 Å². The molecular formula is C7H2ClF2IN2O3. The maximum absolute atomic E-state index is 12.5. The summed E-state index contributed by atoms with van der Waals surface area (Å²) in [5.74, 6) is -0.749. The Morgan fingerprint density at radius 2 is 2.19 bits per heavy atom. The number of halogens is 4. The highest BCUT2D eigenvalue weighted by Gasteiger charge is 2.29. The molecule has 1 aromatic rings. The van der Waals surface area contributed by atoms with Crippen LogP contribution in [0.25, 0.3) is 0 Å². The molecule has 0 aliphatic rings. The van der Waals surface area contributed by atoms with Crippen LogP contribution in [0.4, 0.5) is 14.6 Å². The fraction of sp³-hybridized carbons (Fsp3) is 0.143. The number of carbonyl (C=O) groups excluding carboxylic acids is 1. The SMILES string of the molecule is O=C(Cl)c1c(I)cc([N+](=O)[O-])nc1C(F)F. The fourth-order valence-electron chi connectivity index (χ4n) is 0.965. The van der Waals surface area contributed by atoms with E-state index in [1.165, 1.54) is 22.6 Å². The zero-order chi connectivity index (χ0) is 12.5. The largest absolute Gasteiger partial charge is 0.365 e. The Morgan fingerprint density at radius 3 is 2.56 bits per heavy atom. The molecule has 0 aliphatic carbocycles. The smallest absolute Gasteiger partial charge is 0.358 e. The zero-order valence-electron chi connectivity index (χ0n) is 7.29. The lowest BCUT2D eigenvalue weighted by Crippen LogP contribution is -2.07. The average Bonchev–Trinajstić information content (AvgIpc) is 2.15. The summed E-state index contributed by atoms with van der Waals surface area (Å²) in [5, 5.41) is 9.26. The molecule has 9 heteroatoms. The van der Waals surface area contributed by atoms with Crippen LogP contribution in [-0.2, 0) is 0 Å². The first-order valence-corrected chi connectivity index (χ1v) is 5.13. The number of nitro groups is 1. The Labute approximate surface area is 106 Å². The Balaban J connectivity index is 3.51. The molecule has 0 unspecified atom stereocenters. The number of nitrogens with zero attached hydrogens (tertiary/aromatic N) is 2. The van der Waals surface area contributed by atoms with Gasteiger partial charge in [-0.3, -0.25) is 4.79 Å². The number of aromatic nitrogens is 1. The van der Waals surface area contributed by atoms with E-state index in [-0.39, 0.29) is 3.57 Å². The Hall–Kier alpha value is -0.900. The van der Waals surface area contributed by atoms with Crippen molar-refractivity contribution in [2.45, 2.75) is 6.43 Å². The van der Waals surface area contributed by atoms with Gasteiger partial charge in [-0.05, 0) is 44.1 Å². The van der Waals surface area contributed by atoms with Gasteiger partial charge in [0.25, 0.3) is 5.24 Å². The second-order valence-corrected chi connectivity index (χ2v) is 4.06. The molecule has 0 spiro atoms. The lowest BCUT2D eigenvalue weighted by molar-refractivity contribution is -0.389. The van der Waals surface area contributed by atoms with E-state index in [0.717, 1.165) is 6.07 Å². The quantitative estimate of drug-likeness (QED) is 0.359. The highest BCUT2D eigenvalue weighted by Crippen LogP contribution is 2.29. The molecule has 1 rings (SSSR count). The summed E-state index contributed by atoms with van der Waals surface area (Å²) in [6, 6.07) is 0.905. The molecule has 0 saturated heterocycles. The first-order valence-electron chi connectivity index (χ1n) is 3.67. The molecule has 0 aromatic carbocycles. The van der Waals surface area contributed by atoms with Crippen LogP contribution in [0.2, 0.25) is 0 Å². The Bertz CT molecular complexity index is 469. The average molecular weight is 362 g/mol. The van der Waals surface area contributed by atoms with Gasteiger partial charge in [-0.25, -0.2) is 8.78 Å². The van der Waals surface area contributed by atoms with Crippen LogP contribution < -0.4 is 0 Å². The molecule has 5 nitrogen and oxygen atoms in total. The number of hydrogen-bond donors (Lipinski definition) is 0. The van der Waals surface area contributed by atoms with Gasteiger partial charge in [-0.1, -0.05) is 0 Å². The summed E-state index contributed by atoms with van der Waals surface area (Å²) in [6.07, 6.45) is -3.11. The van der Waals surface area contributed by atoms with Crippen LogP contribution in [0.3, 0.4) is 0 Å². The maximum Gasteiger partial charge on any atom is 0.365 e. The molecule has 1 aromatic heterocycles. The van der Waals surface area contributed by atoms with Crippen molar-refractivity contribution in [1.82, 2.24) is 4.98 Å². The van der Waals surface area contributed by atoms with E-state index in [1.807, 2.05) is 0 Å². The van der Waals surface area contributed by atoms with Crippen LogP contribution in [0.1, 0.15) is 22.5 Å². The molecule has 1 heterocycles. The van der Waals surface area contributed by atoms with Crippen LogP contribution >= 0.6 is 34.2 Å². The third-order valence-electron chi connectivity index (χ3n) is 1.58. The molecule has 0 radical (unpaired) electrons. The first kappa shape index (κ1) is 13.2. The number of alkyl halides is 2. The normalized spacial score (nSPS) is 10.6. The molecular weight excluding hydrogens is 360 g/mol. The van der Waals surface area contributed by atoms with Crippen LogP contribution in [0.5, 0.6) is 0 Å². The molecule has 0 N–H and O–H groups in total. The predicted octanol–water partition coefficient (Wildman–Crippen LogP) is 2.91. The predicted molar refractivity (Wildman–Crippen MR) is 58.7 cm³/mol. The summed E-state index contributed by atoms with van der Waals surface area (Å²) in [5.41, 5.74) is -1.47. The number of hydrogen-bond acceptors (Lipinski definition) is 4. The van der Waals surface area contributed by atoms with Crippen molar-refractivity contribution in [2.75, 3.05) is 0 Å². The van der Waals surface area contributed by atoms with E-state index in [9.17, 15) is 23.7 Å². The highest BCUT2D eigenvalue weighted by molar-refractivity contribution is 14.1. The summed E-state index contributed by atoms with van der Waals surface area (Å²) in [4.78, 5) is 23.5. The van der Waals surface area contributed by atoms with Crippen LogP contribution in [-0.4, -0.2) is 15.1 Å². The van der Waals surface area contributed by atoms with Gasteiger partial charge < -0.3 is 10.1 Å². The molecule has 0 amide bonds. The second kappa shape index (κ2) is 4.95. The summed E-state index contributed by atoms with van der Waals surface area (Å²) < 4.78 is 25.0. The minimum atomic E-state index is -3.11. The van der Waals surface area contributed by atoms with E-state index in [4.69, 9.17) is 11.6 Å². The van der Waals surface area contributed by atoms with E-state index in [2.05, 4.69) is 4.98 Å². The van der Waals surface area contributed by atoms with Crippen LogP contribution in [0, 0.1) is 13.7 Å². The van der Waals surface area contributed by atoms with Gasteiger partial charge in [0, 0.05) is 3.57 Å². The topological polar surface area (TPSA) is 73.1 Å². The number of pyridine rings is 1. The van der Waals surface area contributed by atoms with Crippen molar-refractivity contribution in [3.8, 4) is 0 Å². The number of carbonyl (C=O) groups is 1. The summed E-state index contributed by atoms with van der Waals surface area (Å²) >= 11 is 6.61. The molecule has 0 bridgehead atoms. The Kier molecular flexibility index (Phi) is 4.08. The van der Waals surface area contributed by atoms with Gasteiger partial charge in [0.2, 0.25) is 5.69 Å². The minimum Gasteiger partial charge on any atom is -0.358 e. The first-order chi connectivity index (χ1) is 7.34. The zero-order valence-corrected chi connectivity index (χ0v) is 10.2. The third kappa shape index (κ3) is 2.61. The van der Waals surface area contributed by atoms with E-state index in [1.54, 1.807) is 0 Å².